The highest BCUT2D eigenvalue weighted by molar-refractivity contribution is 5.58. The van der Waals surface area contributed by atoms with E-state index >= 15 is 0 Å². The Balaban J connectivity index is 1.87. The lowest BCUT2D eigenvalue weighted by Crippen LogP contribution is -2.28. The summed E-state index contributed by atoms with van der Waals surface area (Å²) in [5.41, 5.74) is 2.69. The molecule has 0 atom stereocenters. The van der Waals surface area contributed by atoms with Crippen molar-refractivity contribution in [1.82, 2.24) is 9.80 Å². The monoisotopic (exact) mass is 332 g/mol. The first-order chi connectivity index (χ1) is 11.7. The van der Waals surface area contributed by atoms with E-state index in [1.807, 2.05) is 6.07 Å². The lowest BCUT2D eigenvalue weighted by Gasteiger charge is -2.20. The molecule has 1 aliphatic rings. The van der Waals surface area contributed by atoms with Crippen molar-refractivity contribution in [2.75, 3.05) is 53.5 Å². The predicted octanol–water partition coefficient (Wildman–Crippen LogP) is 3.52. The van der Waals surface area contributed by atoms with Gasteiger partial charge in [0.25, 0.3) is 0 Å². The summed E-state index contributed by atoms with van der Waals surface area (Å²) in [4.78, 5) is 5.06. The molecule has 0 saturated carbocycles. The van der Waals surface area contributed by atoms with Crippen molar-refractivity contribution >= 4 is 6.08 Å². The molecule has 4 nitrogen and oxygen atoms in total. The topological polar surface area (TPSA) is 24.9 Å². The highest BCUT2D eigenvalue weighted by Gasteiger charge is 2.16. The molecule has 1 saturated heterocycles. The van der Waals surface area contributed by atoms with E-state index in [1.54, 1.807) is 14.2 Å². The Morgan fingerprint density at radius 1 is 1.12 bits per heavy atom. The fourth-order valence-corrected chi connectivity index (χ4v) is 3.29. The molecule has 0 aliphatic carbocycles. The molecular weight excluding hydrogens is 300 g/mol. The van der Waals surface area contributed by atoms with E-state index in [-0.39, 0.29) is 0 Å². The van der Waals surface area contributed by atoms with Gasteiger partial charge < -0.3 is 14.4 Å². The molecule has 1 aromatic rings. The summed E-state index contributed by atoms with van der Waals surface area (Å²) in [7, 11) is 3.35. The van der Waals surface area contributed by atoms with E-state index in [4.69, 9.17) is 9.47 Å². The van der Waals surface area contributed by atoms with Gasteiger partial charge in [-0.1, -0.05) is 31.6 Å². The van der Waals surface area contributed by atoms with Gasteiger partial charge in [0.1, 0.15) is 0 Å². The zero-order chi connectivity index (χ0) is 17.4. The van der Waals surface area contributed by atoms with Crippen molar-refractivity contribution in [1.29, 1.82) is 0 Å². The first-order valence-corrected chi connectivity index (χ1v) is 9.06. The van der Waals surface area contributed by atoms with Gasteiger partial charge in [0, 0.05) is 13.1 Å². The molecule has 134 valence electrons. The van der Waals surface area contributed by atoms with E-state index in [9.17, 15) is 0 Å². The van der Waals surface area contributed by atoms with Crippen LogP contribution < -0.4 is 9.47 Å². The van der Waals surface area contributed by atoms with Crippen molar-refractivity contribution < 1.29 is 9.47 Å². The zero-order valence-corrected chi connectivity index (χ0v) is 15.7. The van der Waals surface area contributed by atoms with Crippen LogP contribution in [0.5, 0.6) is 11.5 Å². The van der Waals surface area contributed by atoms with Crippen molar-refractivity contribution in [2.24, 2.45) is 0 Å². The molecule has 0 unspecified atom stereocenters. The molecule has 1 fully saturated rings. The first kappa shape index (κ1) is 18.8. The zero-order valence-electron chi connectivity index (χ0n) is 15.7. The summed E-state index contributed by atoms with van der Waals surface area (Å²) < 4.78 is 10.7. The molecule has 2 rings (SSSR count). The largest absolute Gasteiger partial charge is 0.493 e. The number of hydrogen-bond donors (Lipinski definition) is 0. The minimum atomic E-state index is 0.782. The van der Waals surface area contributed by atoms with Crippen LogP contribution in [0.4, 0.5) is 0 Å². The van der Waals surface area contributed by atoms with Crippen molar-refractivity contribution in [3.63, 3.8) is 0 Å². The summed E-state index contributed by atoms with van der Waals surface area (Å²) in [5.74, 6) is 1.57. The van der Waals surface area contributed by atoms with Gasteiger partial charge in [-0.3, -0.25) is 4.90 Å². The Bertz CT molecular complexity index is 538. The molecule has 1 heterocycles. The normalized spacial score (nSPS) is 17.0. The number of methoxy groups -OCH3 is 2. The third-order valence-electron chi connectivity index (χ3n) is 4.80. The summed E-state index contributed by atoms with van der Waals surface area (Å²) in [6.45, 7) is 11.5. The van der Waals surface area contributed by atoms with E-state index in [0.717, 1.165) is 31.1 Å². The standard InChI is InChI=1S/C20H32N2O2/c1-5-21(6-2)11-7-12-22-13-10-18(16-22)14-17-8-9-19(23-3)20(15-17)24-4/h8-9,14-15H,5-7,10-13,16H2,1-4H3/b18-14+. The number of likely N-dealkylation sites (tertiary alicyclic amines) is 1. The van der Waals surface area contributed by atoms with Gasteiger partial charge in [-0.2, -0.15) is 0 Å². The Morgan fingerprint density at radius 3 is 2.54 bits per heavy atom. The lowest BCUT2D eigenvalue weighted by atomic mass is 10.1. The van der Waals surface area contributed by atoms with Crippen molar-refractivity contribution in [3.05, 3.63) is 29.3 Å². The number of ether oxygens (including phenoxy) is 2. The van der Waals surface area contributed by atoms with Crippen molar-refractivity contribution in [2.45, 2.75) is 26.7 Å². The van der Waals surface area contributed by atoms with E-state index in [1.165, 1.54) is 43.6 Å². The molecule has 0 amide bonds. The van der Waals surface area contributed by atoms with Crippen LogP contribution in [0, 0.1) is 0 Å². The summed E-state index contributed by atoms with van der Waals surface area (Å²) in [6.07, 6.45) is 4.72. The number of rotatable bonds is 9. The molecule has 1 aromatic carbocycles. The number of benzene rings is 1. The maximum absolute atomic E-state index is 5.39. The molecule has 1 aliphatic heterocycles. The Kier molecular flexibility index (Phi) is 7.60. The average Bonchev–Trinajstić information content (AvgIpc) is 3.06. The molecular formula is C20H32N2O2. The maximum Gasteiger partial charge on any atom is 0.161 e. The molecule has 0 bridgehead atoms. The minimum absolute atomic E-state index is 0.782. The van der Waals surface area contributed by atoms with Gasteiger partial charge in [0.2, 0.25) is 0 Å². The summed E-state index contributed by atoms with van der Waals surface area (Å²) in [6, 6.07) is 6.12. The second-order valence-corrected chi connectivity index (χ2v) is 6.32. The average molecular weight is 332 g/mol. The van der Waals surface area contributed by atoms with Crippen molar-refractivity contribution in [3.8, 4) is 11.5 Å². The maximum atomic E-state index is 5.39. The summed E-state index contributed by atoms with van der Waals surface area (Å²) >= 11 is 0. The molecule has 24 heavy (non-hydrogen) atoms. The first-order valence-electron chi connectivity index (χ1n) is 9.06. The highest BCUT2D eigenvalue weighted by Crippen LogP contribution is 2.29. The Labute approximate surface area is 147 Å². The van der Waals surface area contributed by atoms with Gasteiger partial charge in [0.15, 0.2) is 11.5 Å². The van der Waals surface area contributed by atoms with Crippen LogP contribution in [0.15, 0.2) is 23.8 Å². The Hall–Kier alpha value is -1.52. The molecule has 4 heteroatoms. The van der Waals surface area contributed by atoms with Gasteiger partial charge in [-0.15, -0.1) is 0 Å². The quantitative estimate of drug-likeness (QED) is 0.691. The number of hydrogen-bond acceptors (Lipinski definition) is 4. The van der Waals surface area contributed by atoms with E-state index in [2.05, 4.69) is 41.9 Å². The second kappa shape index (κ2) is 9.70. The van der Waals surface area contributed by atoms with Gasteiger partial charge in [0.05, 0.1) is 14.2 Å². The van der Waals surface area contributed by atoms with Crippen LogP contribution in [0.3, 0.4) is 0 Å². The van der Waals surface area contributed by atoms with Crippen LogP contribution in [0.2, 0.25) is 0 Å². The van der Waals surface area contributed by atoms with Crippen LogP contribution in [0.25, 0.3) is 6.08 Å². The smallest absolute Gasteiger partial charge is 0.161 e. The van der Waals surface area contributed by atoms with Gasteiger partial charge in [-0.05, 0) is 56.7 Å². The van der Waals surface area contributed by atoms with Crippen LogP contribution in [-0.4, -0.2) is 63.3 Å². The molecule has 0 aromatic heterocycles. The van der Waals surface area contributed by atoms with Gasteiger partial charge >= 0.3 is 0 Å². The minimum Gasteiger partial charge on any atom is -0.493 e. The highest BCUT2D eigenvalue weighted by atomic mass is 16.5. The predicted molar refractivity (Wildman–Crippen MR) is 101 cm³/mol. The molecule has 0 radical (unpaired) electrons. The third-order valence-corrected chi connectivity index (χ3v) is 4.80. The van der Waals surface area contributed by atoms with E-state index in [0.29, 0.717) is 0 Å². The van der Waals surface area contributed by atoms with Crippen LogP contribution in [0.1, 0.15) is 32.3 Å². The molecule has 0 spiro atoms. The third kappa shape index (κ3) is 5.25. The molecule has 0 N–H and O–H groups in total. The number of nitrogens with zero attached hydrogens (tertiary/aromatic N) is 2. The van der Waals surface area contributed by atoms with Crippen LogP contribution >= 0.6 is 0 Å². The lowest BCUT2D eigenvalue weighted by molar-refractivity contribution is 0.265. The summed E-state index contributed by atoms with van der Waals surface area (Å²) in [5, 5.41) is 0. The fourth-order valence-electron chi connectivity index (χ4n) is 3.29. The fraction of sp³-hybridized carbons (Fsp3) is 0.600. The van der Waals surface area contributed by atoms with Crippen LogP contribution in [-0.2, 0) is 0 Å². The van der Waals surface area contributed by atoms with Gasteiger partial charge in [-0.25, -0.2) is 0 Å². The SMILES string of the molecule is CCN(CC)CCCN1CC/C(=C\c2ccc(OC)c(OC)c2)C1. The second-order valence-electron chi connectivity index (χ2n) is 6.32. The Morgan fingerprint density at radius 2 is 1.88 bits per heavy atom. The van der Waals surface area contributed by atoms with E-state index < -0.39 is 0 Å².